The zero-order valence-corrected chi connectivity index (χ0v) is 24.6. The molecule has 0 aliphatic rings. The Balaban J connectivity index is 0.000000381. The third-order valence-electron chi connectivity index (χ3n) is 6.43. The molecule has 0 aliphatic heterocycles. The summed E-state index contributed by atoms with van der Waals surface area (Å²) in [5.74, 6) is 0.539. The van der Waals surface area contributed by atoms with Crippen LogP contribution in [-0.4, -0.2) is 42.7 Å². The van der Waals surface area contributed by atoms with Gasteiger partial charge in [0.05, 0.1) is 5.82 Å². The summed E-state index contributed by atoms with van der Waals surface area (Å²) in [5, 5.41) is 15.7. The predicted molar refractivity (Wildman–Crippen MR) is 162 cm³/mol. The summed E-state index contributed by atoms with van der Waals surface area (Å²) in [7, 11) is 2.15. The van der Waals surface area contributed by atoms with Crippen molar-refractivity contribution in [2.24, 2.45) is 0 Å². The largest absolute Gasteiger partial charge is 0.481 e. The second kappa shape index (κ2) is 19.8. The van der Waals surface area contributed by atoms with Gasteiger partial charge in [0.2, 0.25) is 0 Å². The lowest BCUT2D eigenvalue weighted by Crippen LogP contribution is -2.34. The third kappa shape index (κ3) is 13.9. The Morgan fingerprint density at radius 1 is 0.868 bits per heavy atom. The zero-order chi connectivity index (χ0) is 28.2. The highest BCUT2D eigenvalue weighted by Gasteiger charge is 2.05. The van der Waals surface area contributed by atoms with Gasteiger partial charge in [0.25, 0.3) is 0 Å². The van der Waals surface area contributed by atoms with Crippen LogP contribution in [0.3, 0.4) is 0 Å². The second-order valence-electron chi connectivity index (χ2n) is 9.61. The molecular weight excluding hydrogens is 470 g/mol. The molecule has 0 spiro atoms. The van der Waals surface area contributed by atoms with E-state index in [0.29, 0.717) is 6.42 Å². The standard InChI is InChI=1S/C17H35N3.C16H16O2/c1-7-11-16(12-8-2)18-13-14-19-17(15(5)9-3)20(6)10-4;17-16(18)11-10-13-6-8-15(9-7-13)12-14-4-2-1-3-5-14/h11,18-19H,7-10,12-14H2,1-6H3;1-9H,10-12H2,(H,17,18)/b16-11+,17-15-;. The van der Waals surface area contributed by atoms with E-state index >= 15 is 0 Å². The summed E-state index contributed by atoms with van der Waals surface area (Å²) in [6.07, 6.45) is 8.56. The fraction of sp³-hybridized carbons (Fsp3) is 0.485. The van der Waals surface area contributed by atoms with E-state index in [-0.39, 0.29) is 6.42 Å². The molecule has 0 bridgehead atoms. The smallest absolute Gasteiger partial charge is 0.303 e. The van der Waals surface area contributed by atoms with Gasteiger partial charge < -0.3 is 20.6 Å². The molecule has 0 amide bonds. The number of aryl methyl sites for hydroxylation is 1. The predicted octanol–water partition coefficient (Wildman–Crippen LogP) is 7.15. The molecule has 5 nitrogen and oxygen atoms in total. The molecule has 0 radical (unpaired) electrons. The number of aliphatic carboxylic acids is 1. The molecule has 5 heteroatoms. The molecule has 0 fully saturated rings. The summed E-state index contributed by atoms with van der Waals surface area (Å²) in [5.41, 5.74) is 6.43. The lowest BCUT2D eigenvalue weighted by molar-refractivity contribution is -0.136. The maximum Gasteiger partial charge on any atom is 0.303 e. The van der Waals surface area contributed by atoms with E-state index in [0.717, 1.165) is 50.9 Å². The minimum Gasteiger partial charge on any atom is -0.481 e. The number of carboxylic acid groups (broad SMARTS) is 1. The molecule has 210 valence electrons. The van der Waals surface area contributed by atoms with Crippen molar-refractivity contribution >= 4 is 5.97 Å². The van der Waals surface area contributed by atoms with E-state index in [1.54, 1.807) is 0 Å². The van der Waals surface area contributed by atoms with Gasteiger partial charge in [-0.1, -0.05) is 87.9 Å². The van der Waals surface area contributed by atoms with Gasteiger partial charge in [-0.2, -0.15) is 0 Å². The molecule has 2 aromatic carbocycles. The number of nitrogens with zero attached hydrogens (tertiary/aromatic N) is 1. The van der Waals surface area contributed by atoms with Crippen LogP contribution in [0.4, 0.5) is 0 Å². The normalized spacial score (nSPS) is 11.7. The number of rotatable bonds is 16. The van der Waals surface area contributed by atoms with Crippen molar-refractivity contribution in [3.63, 3.8) is 0 Å². The van der Waals surface area contributed by atoms with Crippen LogP contribution >= 0.6 is 0 Å². The van der Waals surface area contributed by atoms with Crippen molar-refractivity contribution in [3.05, 3.63) is 94.5 Å². The van der Waals surface area contributed by atoms with Crippen molar-refractivity contribution < 1.29 is 9.90 Å². The van der Waals surface area contributed by atoms with Crippen molar-refractivity contribution in [2.75, 3.05) is 26.7 Å². The molecule has 0 heterocycles. The Hall–Kier alpha value is -3.21. The number of nitrogens with one attached hydrogen (secondary N) is 2. The van der Waals surface area contributed by atoms with Crippen LogP contribution in [0.25, 0.3) is 0 Å². The van der Waals surface area contributed by atoms with Gasteiger partial charge in [-0.05, 0) is 68.2 Å². The van der Waals surface area contributed by atoms with Crippen LogP contribution < -0.4 is 10.6 Å². The molecule has 0 unspecified atom stereocenters. The molecule has 3 N–H and O–H groups in total. The number of carboxylic acids is 1. The highest BCUT2D eigenvalue weighted by atomic mass is 16.4. The summed E-state index contributed by atoms with van der Waals surface area (Å²) in [6, 6.07) is 18.5. The zero-order valence-electron chi connectivity index (χ0n) is 24.6. The first-order valence-corrected chi connectivity index (χ1v) is 14.3. The lowest BCUT2D eigenvalue weighted by Gasteiger charge is -2.25. The average Bonchev–Trinajstić information content (AvgIpc) is 2.93. The topological polar surface area (TPSA) is 64.6 Å². The molecule has 0 atom stereocenters. The molecule has 38 heavy (non-hydrogen) atoms. The summed E-state index contributed by atoms with van der Waals surface area (Å²) in [6.45, 7) is 14.0. The first kappa shape index (κ1) is 32.8. The molecular formula is C33H51N3O2. The Bertz CT molecular complexity index is 965. The van der Waals surface area contributed by atoms with Crippen molar-refractivity contribution in [3.8, 4) is 0 Å². The monoisotopic (exact) mass is 521 g/mol. The average molecular weight is 522 g/mol. The third-order valence-corrected chi connectivity index (χ3v) is 6.43. The molecule has 0 aromatic heterocycles. The Labute approximate surface area is 232 Å². The van der Waals surface area contributed by atoms with Gasteiger partial charge in [-0.3, -0.25) is 4.79 Å². The van der Waals surface area contributed by atoms with Crippen LogP contribution in [0.2, 0.25) is 0 Å². The number of allylic oxidation sites excluding steroid dienone is 3. The van der Waals surface area contributed by atoms with Gasteiger partial charge in [0.15, 0.2) is 0 Å². The number of hydrogen-bond donors (Lipinski definition) is 3. The van der Waals surface area contributed by atoms with Crippen molar-refractivity contribution in [2.45, 2.75) is 79.6 Å². The van der Waals surface area contributed by atoms with Gasteiger partial charge in [0, 0.05) is 38.8 Å². The number of carbonyl (C=O) groups is 1. The van der Waals surface area contributed by atoms with Gasteiger partial charge in [-0.15, -0.1) is 0 Å². The van der Waals surface area contributed by atoms with E-state index in [4.69, 9.17) is 5.11 Å². The van der Waals surface area contributed by atoms with E-state index in [1.807, 2.05) is 30.3 Å². The van der Waals surface area contributed by atoms with Gasteiger partial charge in [-0.25, -0.2) is 0 Å². The van der Waals surface area contributed by atoms with Gasteiger partial charge in [0.1, 0.15) is 0 Å². The Morgan fingerprint density at radius 3 is 2.03 bits per heavy atom. The molecule has 0 aliphatic carbocycles. The van der Waals surface area contributed by atoms with Gasteiger partial charge >= 0.3 is 5.97 Å². The van der Waals surface area contributed by atoms with Crippen molar-refractivity contribution in [1.82, 2.24) is 15.5 Å². The summed E-state index contributed by atoms with van der Waals surface area (Å²) in [4.78, 5) is 12.8. The SMILES string of the molecule is CC/C=C(\CCC)NCCN/C(=C(\C)CC)N(C)CC.O=C(O)CCc1ccc(Cc2ccccc2)cc1. The van der Waals surface area contributed by atoms with Crippen LogP contribution in [0.15, 0.2) is 77.8 Å². The minimum absolute atomic E-state index is 0.192. The highest BCUT2D eigenvalue weighted by molar-refractivity contribution is 5.67. The number of benzene rings is 2. The first-order chi connectivity index (χ1) is 18.3. The van der Waals surface area contributed by atoms with Crippen LogP contribution in [0, 0.1) is 0 Å². The van der Waals surface area contributed by atoms with E-state index in [1.165, 1.54) is 34.6 Å². The quantitative estimate of drug-likeness (QED) is 0.205. The number of hydrogen-bond acceptors (Lipinski definition) is 4. The second-order valence-corrected chi connectivity index (χ2v) is 9.61. The molecule has 2 rings (SSSR count). The molecule has 2 aromatic rings. The molecule has 0 saturated carbocycles. The lowest BCUT2D eigenvalue weighted by atomic mass is 10.0. The van der Waals surface area contributed by atoms with Crippen LogP contribution in [0.1, 0.15) is 83.4 Å². The Morgan fingerprint density at radius 2 is 1.47 bits per heavy atom. The first-order valence-electron chi connectivity index (χ1n) is 14.3. The highest BCUT2D eigenvalue weighted by Crippen LogP contribution is 2.12. The van der Waals surface area contributed by atoms with E-state index < -0.39 is 5.97 Å². The summed E-state index contributed by atoms with van der Waals surface area (Å²) >= 11 is 0. The van der Waals surface area contributed by atoms with Crippen LogP contribution in [0.5, 0.6) is 0 Å². The van der Waals surface area contributed by atoms with E-state index in [9.17, 15) is 4.79 Å². The summed E-state index contributed by atoms with van der Waals surface area (Å²) < 4.78 is 0. The van der Waals surface area contributed by atoms with E-state index in [2.05, 4.69) is 87.5 Å². The Kier molecular flexibility index (Phi) is 17.1. The maximum atomic E-state index is 10.5. The van der Waals surface area contributed by atoms with Crippen molar-refractivity contribution in [1.29, 1.82) is 0 Å². The maximum absolute atomic E-state index is 10.5. The minimum atomic E-state index is -0.747. The van der Waals surface area contributed by atoms with Crippen LogP contribution in [-0.2, 0) is 17.6 Å². The fourth-order valence-corrected chi connectivity index (χ4v) is 4.03. The molecule has 0 saturated heterocycles. The fourth-order valence-electron chi connectivity index (χ4n) is 4.03.